The van der Waals surface area contributed by atoms with E-state index in [1.165, 1.54) is 19.1 Å². The fraction of sp³-hybridized carbons (Fsp3) is 0.480. The SMILES string of the molecule is COc1cc(C2C(C#N)=C(N)OC3=C2C(=O)CC(C)(C)C3)cc(OC)c1OC(=O)N1CCOCC1. The molecular weight excluding hydrogens is 454 g/mol. The first-order chi connectivity index (χ1) is 16.7. The molecule has 1 aromatic rings. The monoisotopic (exact) mass is 483 g/mol. The fourth-order valence-electron chi connectivity index (χ4n) is 4.68. The van der Waals surface area contributed by atoms with Gasteiger partial charge < -0.3 is 34.3 Å². The highest BCUT2D eigenvalue weighted by atomic mass is 16.6. The number of amides is 1. The van der Waals surface area contributed by atoms with Gasteiger partial charge in [-0.25, -0.2) is 4.79 Å². The van der Waals surface area contributed by atoms with E-state index in [1.54, 1.807) is 12.1 Å². The predicted octanol–water partition coefficient (Wildman–Crippen LogP) is 2.99. The Balaban J connectivity index is 1.78. The number of nitriles is 1. The molecule has 1 unspecified atom stereocenters. The average molecular weight is 484 g/mol. The maximum absolute atomic E-state index is 13.2. The lowest BCUT2D eigenvalue weighted by atomic mass is 9.70. The molecule has 0 spiro atoms. The predicted molar refractivity (Wildman–Crippen MR) is 124 cm³/mol. The van der Waals surface area contributed by atoms with E-state index in [-0.39, 0.29) is 39.9 Å². The highest BCUT2D eigenvalue weighted by molar-refractivity contribution is 6.00. The first-order valence-corrected chi connectivity index (χ1v) is 11.3. The largest absolute Gasteiger partial charge is 0.493 e. The Morgan fingerprint density at radius 3 is 2.37 bits per heavy atom. The molecule has 0 aromatic heterocycles. The molecule has 2 heterocycles. The summed E-state index contributed by atoms with van der Waals surface area (Å²) in [4.78, 5) is 27.5. The second kappa shape index (κ2) is 9.50. The van der Waals surface area contributed by atoms with Crippen LogP contribution in [0.1, 0.15) is 38.2 Å². The van der Waals surface area contributed by atoms with E-state index in [4.69, 9.17) is 29.4 Å². The number of benzene rings is 1. The normalized spacial score (nSPS) is 21.6. The number of nitrogens with zero attached hydrogens (tertiary/aromatic N) is 2. The number of ketones is 1. The zero-order chi connectivity index (χ0) is 25.3. The van der Waals surface area contributed by atoms with E-state index in [2.05, 4.69) is 6.07 Å². The van der Waals surface area contributed by atoms with Crippen molar-refractivity contribution < 1.29 is 33.3 Å². The van der Waals surface area contributed by atoms with Gasteiger partial charge in [0, 0.05) is 31.5 Å². The maximum atomic E-state index is 13.2. The molecule has 10 nitrogen and oxygen atoms in total. The average Bonchev–Trinajstić information content (AvgIpc) is 2.82. The van der Waals surface area contributed by atoms with Gasteiger partial charge in [-0.2, -0.15) is 5.26 Å². The Labute approximate surface area is 203 Å². The summed E-state index contributed by atoms with van der Waals surface area (Å²) in [6.45, 7) is 5.65. The number of morpholine rings is 1. The van der Waals surface area contributed by atoms with Crippen molar-refractivity contribution >= 4 is 11.9 Å². The number of carbonyl (C=O) groups is 2. The number of Topliss-reactive ketones (excluding diaryl/α,β-unsaturated/α-hetero) is 1. The zero-order valence-corrected chi connectivity index (χ0v) is 20.3. The van der Waals surface area contributed by atoms with Crippen LogP contribution in [0, 0.1) is 16.7 Å². The van der Waals surface area contributed by atoms with Gasteiger partial charge in [0.05, 0.1) is 33.4 Å². The number of methoxy groups -OCH3 is 2. The third-order valence-electron chi connectivity index (χ3n) is 6.35. The summed E-state index contributed by atoms with van der Waals surface area (Å²) in [6.07, 6.45) is 0.265. The first kappa shape index (κ1) is 24.4. The fourth-order valence-corrected chi connectivity index (χ4v) is 4.68. The van der Waals surface area contributed by atoms with Gasteiger partial charge >= 0.3 is 6.09 Å². The van der Waals surface area contributed by atoms with Crippen molar-refractivity contribution in [2.45, 2.75) is 32.6 Å². The number of rotatable bonds is 4. The third-order valence-corrected chi connectivity index (χ3v) is 6.35. The second-order valence-electron chi connectivity index (χ2n) is 9.42. The van der Waals surface area contributed by atoms with E-state index < -0.39 is 12.0 Å². The van der Waals surface area contributed by atoms with Crippen LogP contribution >= 0.6 is 0 Å². The van der Waals surface area contributed by atoms with Gasteiger partial charge in [0.15, 0.2) is 17.3 Å². The van der Waals surface area contributed by atoms with Crippen LogP contribution < -0.4 is 19.9 Å². The number of hydrogen-bond acceptors (Lipinski definition) is 9. The van der Waals surface area contributed by atoms with Crippen LogP contribution in [0.5, 0.6) is 17.2 Å². The van der Waals surface area contributed by atoms with Crippen LogP contribution in [0.3, 0.4) is 0 Å². The molecule has 1 aliphatic carbocycles. The smallest absolute Gasteiger partial charge is 0.415 e. The number of carbonyl (C=O) groups excluding carboxylic acids is 2. The van der Waals surface area contributed by atoms with Crippen LogP contribution in [0.15, 0.2) is 34.9 Å². The van der Waals surface area contributed by atoms with Crippen molar-refractivity contribution in [2.75, 3.05) is 40.5 Å². The molecule has 10 heteroatoms. The summed E-state index contributed by atoms with van der Waals surface area (Å²) in [7, 11) is 2.87. The molecule has 3 aliphatic rings. The van der Waals surface area contributed by atoms with E-state index in [9.17, 15) is 14.9 Å². The van der Waals surface area contributed by atoms with Crippen molar-refractivity contribution in [1.29, 1.82) is 5.26 Å². The van der Waals surface area contributed by atoms with Crippen molar-refractivity contribution in [3.63, 3.8) is 0 Å². The minimum Gasteiger partial charge on any atom is -0.493 e. The summed E-state index contributed by atoms with van der Waals surface area (Å²) < 4.78 is 27.8. The Hall–Kier alpha value is -3.71. The molecule has 1 amide bonds. The van der Waals surface area contributed by atoms with Crippen molar-refractivity contribution in [2.24, 2.45) is 11.1 Å². The Bertz CT molecular complexity index is 1130. The summed E-state index contributed by atoms with van der Waals surface area (Å²) in [6, 6.07) is 5.35. The van der Waals surface area contributed by atoms with E-state index in [0.717, 1.165) is 0 Å². The van der Waals surface area contributed by atoms with E-state index >= 15 is 0 Å². The van der Waals surface area contributed by atoms with Gasteiger partial charge in [-0.15, -0.1) is 0 Å². The minimum absolute atomic E-state index is 0.0393. The number of nitrogens with two attached hydrogens (primary N) is 1. The number of allylic oxidation sites excluding steroid dienone is 3. The minimum atomic E-state index is -0.765. The van der Waals surface area contributed by atoms with Crippen LogP contribution in [0.4, 0.5) is 4.79 Å². The number of hydrogen-bond donors (Lipinski definition) is 1. The molecule has 0 bridgehead atoms. The van der Waals surface area contributed by atoms with Gasteiger partial charge in [-0.3, -0.25) is 4.79 Å². The molecule has 1 aromatic carbocycles. The van der Waals surface area contributed by atoms with Crippen LogP contribution in [0.25, 0.3) is 0 Å². The van der Waals surface area contributed by atoms with Gasteiger partial charge in [-0.1, -0.05) is 13.8 Å². The molecule has 2 N–H and O–H groups in total. The summed E-state index contributed by atoms with van der Waals surface area (Å²) >= 11 is 0. The molecule has 1 atom stereocenters. The van der Waals surface area contributed by atoms with E-state index in [1.807, 2.05) is 13.8 Å². The lowest BCUT2D eigenvalue weighted by molar-refractivity contribution is -0.119. The second-order valence-corrected chi connectivity index (χ2v) is 9.42. The van der Waals surface area contributed by atoms with E-state index in [0.29, 0.717) is 56.0 Å². The van der Waals surface area contributed by atoms with Gasteiger partial charge in [0.1, 0.15) is 17.4 Å². The topological polar surface area (TPSA) is 133 Å². The number of ether oxygens (including phenoxy) is 5. The third kappa shape index (κ3) is 4.64. The Morgan fingerprint density at radius 1 is 1.17 bits per heavy atom. The first-order valence-electron chi connectivity index (χ1n) is 11.3. The molecular formula is C25H29N3O7. The van der Waals surface area contributed by atoms with Crippen molar-refractivity contribution in [3.05, 3.63) is 40.5 Å². The van der Waals surface area contributed by atoms with Crippen molar-refractivity contribution in [3.8, 4) is 23.3 Å². The Kier molecular flexibility index (Phi) is 6.63. The molecule has 186 valence electrons. The molecule has 1 saturated heterocycles. The lowest BCUT2D eigenvalue weighted by Crippen LogP contribution is -2.42. The standard InChI is InChI=1S/C25H29N3O7/c1-25(2)11-16(29)21-19(12-25)34-23(27)15(13-26)20(21)14-9-17(31-3)22(18(10-14)32-4)35-24(30)28-5-7-33-8-6-28/h9-10,20H,5-8,11-12,27H2,1-4H3. The maximum Gasteiger partial charge on any atom is 0.415 e. The summed E-state index contributed by atoms with van der Waals surface area (Å²) in [5.74, 6) is 0.0866. The molecule has 0 radical (unpaired) electrons. The molecule has 2 aliphatic heterocycles. The van der Waals surface area contributed by atoms with Gasteiger partial charge in [0.2, 0.25) is 11.6 Å². The quantitative estimate of drug-likeness (QED) is 0.686. The summed E-state index contributed by atoms with van der Waals surface area (Å²) in [5, 5.41) is 9.89. The Morgan fingerprint density at radius 2 is 1.80 bits per heavy atom. The highest BCUT2D eigenvalue weighted by Gasteiger charge is 2.43. The molecule has 4 rings (SSSR count). The highest BCUT2D eigenvalue weighted by Crippen LogP contribution is 2.50. The lowest BCUT2D eigenvalue weighted by Gasteiger charge is -2.37. The van der Waals surface area contributed by atoms with Crippen LogP contribution in [-0.2, 0) is 14.3 Å². The van der Waals surface area contributed by atoms with Crippen LogP contribution in [0.2, 0.25) is 0 Å². The van der Waals surface area contributed by atoms with Crippen molar-refractivity contribution in [1.82, 2.24) is 4.90 Å². The summed E-state index contributed by atoms with van der Waals surface area (Å²) in [5.41, 5.74) is 6.89. The molecule has 1 fully saturated rings. The van der Waals surface area contributed by atoms with Gasteiger partial charge in [0.25, 0.3) is 0 Å². The molecule has 0 saturated carbocycles. The van der Waals surface area contributed by atoms with Crippen LogP contribution in [-0.4, -0.2) is 57.3 Å². The molecule has 35 heavy (non-hydrogen) atoms. The zero-order valence-electron chi connectivity index (χ0n) is 20.3. The van der Waals surface area contributed by atoms with Gasteiger partial charge in [-0.05, 0) is 23.1 Å².